The minimum Gasteiger partial charge on any atom is -0.493 e. The number of nitrogens with one attached hydrogen (secondary N) is 1. The summed E-state index contributed by atoms with van der Waals surface area (Å²) >= 11 is 0. The molecule has 0 fully saturated rings. The lowest BCUT2D eigenvalue weighted by Gasteiger charge is -2.12. The molecular formula is C25H20N4O3. The average molecular weight is 424 g/mol. The molecule has 0 saturated carbocycles. The van der Waals surface area contributed by atoms with E-state index < -0.39 is 0 Å². The number of carbonyl (C=O) groups is 1. The molecule has 1 amide bonds. The Bertz CT molecular complexity index is 1260. The van der Waals surface area contributed by atoms with Crippen molar-refractivity contribution in [1.29, 1.82) is 5.26 Å². The molecule has 4 aromatic rings. The molecule has 1 aromatic heterocycles. The molecule has 32 heavy (non-hydrogen) atoms. The standard InChI is InChI=1S/C25H20N4O3/c1-31-23-14-18(16-26)12-13-22(23)32-17-25(30)27-24-15-21(19-8-4-2-5-9-19)28-29(24)20-10-6-3-7-11-20/h2-15H,17H2,1H3,(H,27,30). The van der Waals surface area contributed by atoms with Crippen molar-refractivity contribution >= 4 is 11.7 Å². The van der Waals surface area contributed by atoms with Crippen molar-refractivity contribution in [2.45, 2.75) is 0 Å². The number of rotatable bonds is 7. The number of amides is 1. The fourth-order valence-corrected chi connectivity index (χ4v) is 3.16. The maximum atomic E-state index is 12.7. The van der Waals surface area contributed by atoms with E-state index in [4.69, 9.17) is 14.7 Å². The minimum absolute atomic E-state index is 0.233. The summed E-state index contributed by atoms with van der Waals surface area (Å²) in [6.07, 6.45) is 0. The number of para-hydroxylation sites is 1. The van der Waals surface area contributed by atoms with Gasteiger partial charge in [0, 0.05) is 17.7 Å². The van der Waals surface area contributed by atoms with Crippen LogP contribution in [0.2, 0.25) is 0 Å². The summed E-state index contributed by atoms with van der Waals surface area (Å²) < 4.78 is 12.6. The molecule has 0 radical (unpaired) electrons. The Balaban J connectivity index is 1.55. The van der Waals surface area contributed by atoms with Gasteiger partial charge in [-0.3, -0.25) is 4.79 Å². The van der Waals surface area contributed by atoms with Crippen LogP contribution in [0.25, 0.3) is 16.9 Å². The van der Waals surface area contributed by atoms with Crippen LogP contribution in [0.15, 0.2) is 84.9 Å². The number of hydrogen-bond donors (Lipinski definition) is 1. The van der Waals surface area contributed by atoms with Gasteiger partial charge < -0.3 is 14.8 Å². The lowest BCUT2D eigenvalue weighted by atomic mass is 10.2. The van der Waals surface area contributed by atoms with Gasteiger partial charge in [-0.25, -0.2) is 4.68 Å². The number of carbonyl (C=O) groups excluding carboxylic acids is 1. The maximum absolute atomic E-state index is 12.7. The second-order valence-corrected chi connectivity index (χ2v) is 6.84. The highest BCUT2D eigenvalue weighted by atomic mass is 16.5. The van der Waals surface area contributed by atoms with Crippen molar-refractivity contribution in [3.8, 4) is 34.5 Å². The molecular weight excluding hydrogens is 404 g/mol. The van der Waals surface area contributed by atoms with Crippen molar-refractivity contribution in [3.05, 3.63) is 90.5 Å². The van der Waals surface area contributed by atoms with Gasteiger partial charge in [-0.2, -0.15) is 10.4 Å². The van der Waals surface area contributed by atoms with Gasteiger partial charge in [-0.1, -0.05) is 48.5 Å². The summed E-state index contributed by atoms with van der Waals surface area (Å²) in [5, 5.41) is 16.6. The lowest BCUT2D eigenvalue weighted by Crippen LogP contribution is -2.22. The minimum atomic E-state index is -0.354. The second kappa shape index (κ2) is 9.49. The average Bonchev–Trinajstić information content (AvgIpc) is 3.27. The number of methoxy groups -OCH3 is 1. The normalized spacial score (nSPS) is 10.2. The first-order chi connectivity index (χ1) is 15.7. The summed E-state index contributed by atoms with van der Waals surface area (Å²) in [6.45, 7) is -0.233. The summed E-state index contributed by atoms with van der Waals surface area (Å²) in [7, 11) is 1.48. The van der Waals surface area contributed by atoms with E-state index in [2.05, 4.69) is 10.4 Å². The van der Waals surface area contributed by atoms with Crippen LogP contribution in [-0.2, 0) is 4.79 Å². The third-order valence-corrected chi connectivity index (χ3v) is 4.70. The van der Waals surface area contributed by atoms with Gasteiger partial charge in [0.05, 0.1) is 30.1 Å². The summed E-state index contributed by atoms with van der Waals surface area (Å²) in [6, 6.07) is 27.9. The maximum Gasteiger partial charge on any atom is 0.263 e. The lowest BCUT2D eigenvalue weighted by molar-refractivity contribution is -0.118. The van der Waals surface area contributed by atoms with E-state index in [0.29, 0.717) is 22.9 Å². The highest BCUT2D eigenvalue weighted by Crippen LogP contribution is 2.28. The molecule has 7 heteroatoms. The molecule has 7 nitrogen and oxygen atoms in total. The first-order valence-electron chi connectivity index (χ1n) is 9.89. The third-order valence-electron chi connectivity index (χ3n) is 4.70. The Morgan fingerprint density at radius 2 is 1.72 bits per heavy atom. The highest BCUT2D eigenvalue weighted by Gasteiger charge is 2.15. The van der Waals surface area contributed by atoms with E-state index in [-0.39, 0.29) is 12.5 Å². The Labute approximate surface area is 185 Å². The molecule has 0 atom stereocenters. The van der Waals surface area contributed by atoms with Gasteiger partial charge in [-0.15, -0.1) is 0 Å². The van der Waals surface area contributed by atoms with Crippen LogP contribution in [0, 0.1) is 11.3 Å². The number of nitrogens with zero attached hydrogens (tertiary/aromatic N) is 3. The van der Waals surface area contributed by atoms with Crippen molar-refractivity contribution < 1.29 is 14.3 Å². The number of hydrogen-bond acceptors (Lipinski definition) is 5. The van der Waals surface area contributed by atoms with Crippen LogP contribution in [0.4, 0.5) is 5.82 Å². The van der Waals surface area contributed by atoms with Gasteiger partial charge >= 0.3 is 0 Å². The fraction of sp³-hybridized carbons (Fsp3) is 0.0800. The molecule has 0 spiro atoms. The highest BCUT2D eigenvalue weighted by molar-refractivity contribution is 5.92. The summed E-state index contributed by atoms with van der Waals surface area (Å²) in [5.41, 5.74) is 2.94. The van der Waals surface area contributed by atoms with E-state index >= 15 is 0 Å². The van der Waals surface area contributed by atoms with Crippen LogP contribution < -0.4 is 14.8 Å². The molecule has 158 valence electrons. The quantitative estimate of drug-likeness (QED) is 0.474. The summed E-state index contributed by atoms with van der Waals surface area (Å²) in [5.74, 6) is 0.935. The van der Waals surface area contributed by atoms with Crippen molar-refractivity contribution in [3.63, 3.8) is 0 Å². The van der Waals surface area contributed by atoms with Crippen LogP contribution in [0.1, 0.15) is 5.56 Å². The molecule has 1 heterocycles. The van der Waals surface area contributed by atoms with E-state index in [1.165, 1.54) is 7.11 Å². The predicted molar refractivity (Wildman–Crippen MR) is 121 cm³/mol. The SMILES string of the molecule is COc1cc(C#N)ccc1OCC(=O)Nc1cc(-c2ccccc2)nn1-c1ccccc1. The molecule has 0 aliphatic heterocycles. The van der Waals surface area contributed by atoms with Gasteiger partial charge in [0.15, 0.2) is 18.1 Å². The molecule has 1 N–H and O–H groups in total. The number of anilines is 1. The van der Waals surface area contributed by atoms with E-state index in [1.54, 1.807) is 22.9 Å². The second-order valence-electron chi connectivity index (χ2n) is 6.84. The van der Waals surface area contributed by atoms with Gasteiger partial charge in [-0.05, 0) is 24.3 Å². The molecule has 3 aromatic carbocycles. The molecule has 0 aliphatic rings. The van der Waals surface area contributed by atoms with Gasteiger partial charge in [0.25, 0.3) is 5.91 Å². The first kappa shape index (κ1) is 20.7. The third kappa shape index (κ3) is 4.60. The number of ether oxygens (including phenoxy) is 2. The molecule has 0 saturated heterocycles. The zero-order valence-electron chi connectivity index (χ0n) is 17.4. The zero-order chi connectivity index (χ0) is 22.3. The smallest absolute Gasteiger partial charge is 0.263 e. The topological polar surface area (TPSA) is 89.2 Å². The van der Waals surface area contributed by atoms with Crippen molar-refractivity contribution in [1.82, 2.24) is 9.78 Å². The largest absolute Gasteiger partial charge is 0.493 e. The van der Waals surface area contributed by atoms with Crippen molar-refractivity contribution in [2.75, 3.05) is 19.0 Å². The molecule has 0 bridgehead atoms. The van der Waals surface area contributed by atoms with Crippen LogP contribution in [-0.4, -0.2) is 29.4 Å². The molecule has 0 unspecified atom stereocenters. The number of aromatic nitrogens is 2. The Morgan fingerprint density at radius 1 is 1.00 bits per heavy atom. The van der Waals surface area contributed by atoms with Gasteiger partial charge in [0.1, 0.15) is 5.82 Å². The monoisotopic (exact) mass is 424 g/mol. The van der Waals surface area contributed by atoms with E-state index in [0.717, 1.165) is 16.9 Å². The Hall–Kier alpha value is -4.57. The van der Waals surface area contributed by atoms with Crippen LogP contribution in [0.3, 0.4) is 0 Å². The zero-order valence-corrected chi connectivity index (χ0v) is 17.4. The van der Waals surface area contributed by atoms with Crippen molar-refractivity contribution in [2.24, 2.45) is 0 Å². The predicted octanol–water partition coefficient (Wildman–Crippen LogP) is 4.44. The Morgan fingerprint density at radius 3 is 2.41 bits per heavy atom. The molecule has 0 aliphatic carbocycles. The fourth-order valence-electron chi connectivity index (χ4n) is 3.16. The van der Waals surface area contributed by atoms with E-state index in [9.17, 15) is 4.79 Å². The van der Waals surface area contributed by atoms with E-state index in [1.807, 2.05) is 72.8 Å². The number of benzene rings is 3. The first-order valence-corrected chi connectivity index (χ1v) is 9.89. The van der Waals surface area contributed by atoms with Gasteiger partial charge in [0.2, 0.25) is 0 Å². The molecule has 4 rings (SSSR count). The van der Waals surface area contributed by atoms with Crippen LogP contribution in [0.5, 0.6) is 11.5 Å². The number of nitriles is 1. The summed E-state index contributed by atoms with van der Waals surface area (Å²) in [4.78, 5) is 12.7. The van der Waals surface area contributed by atoms with Crippen LogP contribution >= 0.6 is 0 Å². The Kier molecular flexibility index (Phi) is 6.14.